The minimum absolute atomic E-state index is 0.0189. The van der Waals surface area contributed by atoms with Crippen molar-refractivity contribution in [3.8, 4) is 0 Å². The lowest BCUT2D eigenvalue weighted by Crippen LogP contribution is -2.36. The number of nitrogens with zero attached hydrogens (tertiary/aromatic N) is 1. The lowest BCUT2D eigenvalue weighted by Gasteiger charge is -2.27. The summed E-state index contributed by atoms with van der Waals surface area (Å²) in [6, 6.07) is 7.52. The van der Waals surface area contributed by atoms with Crippen LogP contribution in [0.15, 0.2) is 24.3 Å². The van der Waals surface area contributed by atoms with Gasteiger partial charge in [-0.2, -0.15) is 0 Å². The average molecular weight is 290 g/mol. The topological polar surface area (TPSA) is 52.6 Å². The van der Waals surface area contributed by atoms with Crippen LogP contribution in [0.4, 0.5) is 5.69 Å². The van der Waals surface area contributed by atoms with E-state index >= 15 is 0 Å². The number of nitrogens with one attached hydrogen (secondary N) is 1. The van der Waals surface area contributed by atoms with Gasteiger partial charge in [0, 0.05) is 19.3 Å². The molecule has 116 valence electrons. The number of likely N-dealkylation sites (N-methyl/N-ethyl adjacent to an activating group) is 1. The number of anilines is 1. The van der Waals surface area contributed by atoms with Crippen molar-refractivity contribution < 1.29 is 9.90 Å². The normalized spacial score (nSPS) is 15.7. The van der Waals surface area contributed by atoms with Crippen molar-refractivity contribution in [2.24, 2.45) is 5.92 Å². The first kappa shape index (κ1) is 15.8. The lowest BCUT2D eigenvalue weighted by atomic mass is 9.89. The van der Waals surface area contributed by atoms with E-state index in [0.29, 0.717) is 12.5 Å². The Hall–Kier alpha value is -1.55. The second-order valence-electron chi connectivity index (χ2n) is 5.99. The average Bonchev–Trinajstić information content (AvgIpc) is 2.53. The summed E-state index contributed by atoms with van der Waals surface area (Å²) in [7, 11) is 1.89. The molecule has 1 aliphatic carbocycles. The molecule has 2 N–H and O–H groups in total. The fraction of sp³-hybridized carbons (Fsp3) is 0.588. The molecule has 1 aliphatic rings. The number of aliphatic hydroxyl groups is 1. The number of carbonyl (C=O) groups is 1. The van der Waals surface area contributed by atoms with Crippen LogP contribution in [0.2, 0.25) is 0 Å². The summed E-state index contributed by atoms with van der Waals surface area (Å²) in [5.41, 5.74) is 1.73. The standard InChI is InChI=1S/C17H26N2O2/c1-19(12-14-6-3-2-4-7-14)17(21)11-18-16-9-5-8-15(10-16)13-20/h5,8-10,14,18,20H,2-4,6-7,11-13H2,1H3. The maximum Gasteiger partial charge on any atom is 0.241 e. The van der Waals surface area contributed by atoms with E-state index in [4.69, 9.17) is 5.11 Å². The second kappa shape index (κ2) is 8.03. The van der Waals surface area contributed by atoms with Gasteiger partial charge in [-0.1, -0.05) is 31.4 Å². The molecule has 0 aromatic heterocycles. The fourth-order valence-electron chi connectivity index (χ4n) is 2.95. The molecule has 1 aromatic rings. The Morgan fingerprint density at radius 1 is 1.33 bits per heavy atom. The van der Waals surface area contributed by atoms with Crippen LogP contribution in [0.25, 0.3) is 0 Å². The Labute approximate surface area is 127 Å². The zero-order chi connectivity index (χ0) is 15.1. The molecular formula is C17H26N2O2. The van der Waals surface area contributed by atoms with Crippen LogP contribution >= 0.6 is 0 Å². The quantitative estimate of drug-likeness (QED) is 0.847. The van der Waals surface area contributed by atoms with E-state index in [1.165, 1.54) is 32.1 Å². The summed E-state index contributed by atoms with van der Waals surface area (Å²) >= 11 is 0. The van der Waals surface area contributed by atoms with Gasteiger partial charge in [-0.3, -0.25) is 4.79 Å². The van der Waals surface area contributed by atoms with Gasteiger partial charge in [0.05, 0.1) is 13.2 Å². The smallest absolute Gasteiger partial charge is 0.241 e. The van der Waals surface area contributed by atoms with Gasteiger partial charge in [0.15, 0.2) is 0 Å². The van der Waals surface area contributed by atoms with Gasteiger partial charge in [-0.05, 0) is 36.5 Å². The lowest BCUT2D eigenvalue weighted by molar-refractivity contribution is -0.128. The van der Waals surface area contributed by atoms with Crippen molar-refractivity contribution in [3.05, 3.63) is 29.8 Å². The molecule has 0 atom stereocenters. The van der Waals surface area contributed by atoms with Crippen LogP contribution in [0.5, 0.6) is 0 Å². The summed E-state index contributed by atoms with van der Waals surface area (Å²) in [5.74, 6) is 0.792. The number of amides is 1. The largest absolute Gasteiger partial charge is 0.392 e. The Balaban J connectivity index is 1.77. The van der Waals surface area contributed by atoms with Crippen molar-refractivity contribution in [3.63, 3.8) is 0 Å². The number of benzene rings is 1. The Bertz CT molecular complexity index is 456. The third-order valence-electron chi connectivity index (χ3n) is 4.24. The third kappa shape index (κ3) is 5.05. The highest BCUT2D eigenvalue weighted by molar-refractivity contribution is 5.80. The highest BCUT2D eigenvalue weighted by atomic mass is 16.3. The Kier molecular flexibility index (Phi) is 6.05. The first-order chi connectivity index (χ1) is 10.2. The molecule has 1 amide bonds. The molecule has 0 bridgehead atoms. The highest BCUT2D eigenvalue weighted by Crippen LogP contribution is 2.24. The summed E-state index contributed by atoms with van der Waals surface area (Å²) in [5, 5.41) is 12.2. The maximum atomic E-state index is 12.2. The summed E-state index contributed by atoms with van der Waals surface area (Å²) in [6.45, 7) is 1.19. The number of rotatable bonds is 6. The van der Waals surface area contributed by atoms with Gasteiger partial charge < -0.3 is 15.3 Å². The molecule has 21 heavy (non-hydrogen) atoms. The molecule has 0 radical (unpaired) electrons. The van der Waals surface area contributed by atoms with Crippen LogP contribution in [-0.4, -0.2) is 36.1 Å². The fourth-order valence-corrected chi connectivity index (χ4v) is 2.95. The van der Waals surface area contributed by atoms with Gasteiger partial charge >= 0.3 is 0 Å². The number of aliphatic hydroxyl groups excluding tert-OH is 1. The van der Waals surface area contributed by atoms with Gasteiger partial charge in [-0.25, -0.2) is 0 Å². The molecule has 1 fully saturated rings. The van der Waals surface area contributed by atoms with E-state index in [1.54, 1.807) is 0 Å². The van der Waals surface area contributed by atoms with Gasteiger partial charge in [0.1, 0.15) is 0 Å². The van der Waals surface area contributed by atoms with Crippen LogP contribution in [0.1, 0.15) is 37.7 Å². The molecule has 4 heteroatoms. The molecule has 0 aliphatic heterocycles. The van der Waals surface area contributed by atoms with E-state index in [-0.39, 0.29) is 12.5 Å². The molecule has 1 aromatic carbocycles. The van der Waals surface area contributed by atoms with Crippen LogP contribution in [0, 0.1) is 5.92 Å². The zero-order valence-corrected chi connectivity index (χ0v) is 12.8. The van der Waals surface area contributed by atoms with Gasteiger partial charge in [0.2, 0.25) is 5.91 Å². The van der Waals surface area contributed by atoms with Crippen molar-refractivity contribution in [1.82, 2.24) is 4.90 Å². The van der Waals surface area contributed by atoms with Crippen LogP contribution in [-0.2, 0) is 11.4 Å². The third-order valence-corrected chi connectivity index (χ3v) is 4.24. The van der Waals surface area contributed by atoms with Crippen molar-refractivity contribution in [2.75, 3.05) is 25.5 Å². The summed E-state index contributed by atoms with van der Waals surface area (Å²) in [6.07, 6.45) is 6.46. The SMILES string of the molecule is CN(CC1CCCCC1)C(=O)CNc1cccc(CO)c1. The summed E-state index contributed by atoms with van der Waals surface area (Å²) < 4.78 is 0. The van der Waals surface area contributed by atoms with Crippen molar-refractivity contribution >= 4 is 11.6 Å². The number of hydrogen-bond acceptors (Lipinski definition) is 3. The Morgan fingerprint density at radius 3 is 2.81 bits per heavy atom. The molecule has 2 rings (SSSR count). The van der Waals surface area contributed by atoms with E-state index in [9.17, 15) is 4.79 Å². The first-order valence-corrected chi connectivity index (χ1v) is 7.86. The van der Waals surface area contributed by atoms with Crippen LogP contribution in [0.3, 0.4) is 0 Å². The molecule has 0 spiro atoms. The van der Waals surface area contributed by atoms with E-state index in [2.05, 4.69) is 5.32 Å². The van der Waals surface area contributed by atoms with E-state index < -0.39 is 0 Å². The molecule has 0 heterocycles. The van der Waals surface area contributed by atoms with E-state index in [0.717, 1.165) is 17.8 Å². The van der Waals surface area contributed by atoms with Gasteiger partial charge in [0.25, 0.3) is 0 Å². The predicted molar refractivity (Wildman–Crippen MR) is 85.1 cm³/mol. The molecule has 0 unspecified atom stereocenters. The van der Waals surface area contributed by atoms with E-state index in [1.807, 2.05) is 36.2 Å². The van der Waals surface area contributed by atoms with Gasteiger partial charge in [-0.15, -0.1) is 0 Å². The second-order valence-corrected chi connectivity index (χ2v) is 5.99. The number of hydrogen-bond donors (Lipinski definition) is 2. The summed E-state index contributed by atoms with van der Waals surface area (Å²) in [4.78, 5) is 14.0. The molecule has 0 saturated heterocycles. The molecule has 4 nitrogen and oxygen atoms in total. The predicted octanol–water partition coefficient (Wildman–Crippen LogP) is 2.63. The van der Waals surface area contributed by atoms with Crippen molar-refractivity contribution in [2.45, 2.75) is 38.7 Å². The minimum Gasteiger partial charge on any atom is -0.392 e. The maximum absolute atomic E-state index is 12.2. The molecule has 1 saturated carbocycles. The zero-order valence-electron chi connectivity index (χ0n) is 12.8. The minimum atomic E-state index is 0.0189. The first-order valence-electron chi connectivity index (χ1n) is 7.86. The number of carbonyl (C=O) groups excluding carboxylic acids is 1. The highest BCUT2D eigenvalue weighted by Gasteiger charge is 2.17. The monoisotopic (exact) mass is 290 g/mol. The molecular weight excluding hydrogens is 264 g/mol. The Morgan fingerprint density at radius 2 is 2.10 bits per heavy atom. The van der Waals surface area contributed by atoms with Crippen LogP contribution < -0.4 is 5.32 Å². The van der Waals surface area contributed by atoms with Crippen molar-refractivity contribution in [1.29, 1.82) is 0 Å².